The van der Waals surface area contributed by atoms with Gasteiger partial charge in [-0.25, -0.2) is 4.68 Å². The smallest absolute Gasteiger partial charge is 0.275 e. The molecule has 0 atom stereocenters. The number of aromatic nitrogens is 2. The molecule has 1 fully saturated rings. The Morgan fingerprint density at radius 2 is 1.60 bits per heavy atom. The van der Waals surface area contributed by atoms with Gasteiger partial charge in [-0.2, -0.15) is 5.10 Å². The summed E-state index contributed by atoms with van der Waals surface area (Å²) in [4.78, 5) is 28.3. The van der Waals surface area contributed by atoms with E-state index in [0.29, 0.717) is 12.1 Å². The number of aryl methyl sites for hydroxylation is 2. The number of nitrogens with zero attached hydrogens (tertiary/aromatic N) is 5. The Kier molecular flexibility index (Phi) is 6.05. The first-order valence-electron chi connectivity index (χ1n) is 11.7. The molecule has 4 aromatic rings. The molecule has 0 saturated carbocycles. The Bertz CT molecular complexity index is 1450. The first kappa shape index (κ1) is 22.7. The molecule has 0 unspecified atom stereocenters. The van der Waals surface area contributed by atoms with Crippen LogP contribution in [-0.2, 0) is 6.67 Å². The average molecular weight is 470 g/mol. The maximum Gasteiger partial charge on any atom is 0.275 e. The van der Waals surface area contributed by atoms with Crippen molar-refractivity contribution in [2.45, 2.75) is 20.5 Å². The lowest BCUT2D eigenvalue weighted by Gasteiger charge is -2.36. The van der Waals surface area contributed by atoms with Gasteiger partial charge in [0.25, 0.3) is 11.2 Å². The van der Waals surface area contributed by atoms with Gasteiger partial charge in [0.15, 0.2) is 0 Å². The van der Waals surface area contributed by atoms with E-state index in [4.69, 9.17) is 5.10 Å². The fraction of sp³-hybridized carbons (Fsp3) is 0.259. The maximum atomic E-state index is 13.3. The Morgan fingerprint density at radius 3 is 2.29 bits per heavy atom. The zero-order valence-electron chi connectivity index (χ0n) is 19.8. The summed E-state index contributed by atoms with van der Waals surface area (Å²) in [5, 5.41) is 17.3. The number of hydrogen-bond acceptors (Lipinski definition) is 6. The van der Waals surface area contributed by atoms with Crippen LogP contribution in [-0.4, -0.2) is 45.8 Å². The summed E-state index contributed by atoms with van der Waals surface area (Å²) in [6.07, 6.45) is 0. The zero-order valence-corrected chi connectivity index (χ0v) is 19.8. The van der Waals surface area contributed by atoms with Gasteiger partial charge in [-0.05, 0) is 43.7 Å². The molecule has 5 rings (SSSR count). The molecule has 0 bridgehead atoms. The van der Waals surface area contributed by atoms with E-state index in [9.17, 15) is 14.9 Å². The lowest BCUT2D eigenvalue weighted by Crippen LogP contribution is -2.48. The molecule has 0 aliphatic carbocycles. The van der Waals surface area contributed by atoms with Crippen LogP contribution in [0.5, 0.6) is 0 Å². The molecule has 1 aliphatic rings. The summed E-state index contributed by atoms with van der Waals surface area (Å²) in [7, 11) is 0. The van der Waals surface area contributed by atoms with Crippen LogP contribution in [0.3, 0.4) is 0 Å². The van der Waals surface area contributed by atoms with Gasteiger partial charge in [-0.15, -0.1) is 0 Å². The Morgan fingerprint density at radius 1 is 0.914 bits per heavy atom. The molecule has 2 heterocycles. The molecule has 178 valence electrons. The highest BCUT2D eigenvalue weighted by Gasteiger charge is 2.20. The first-order valence-corrected chi connectivity index (χ1v) is 11.7. The Labute approximate surface area is 203 Å². The molecule has 0 spiro atoms. The third-order valence-corrected chi connectivity index (χ3v) is 6.65. The Balaban J connectivity index is 1.40. The monoisotopic (exact) mass is 469 g/mol. The number of nitro groups is 1. The van der Waals surface area contributed by atoms with Crippen LogP contribution < -0.4 is 10.5 Å². The van der Waals surface area contributed by atoms with Crippen LogP contribution >= 0.6 is 0 Å². The standard InChI is InChI=1S/C27H27N5O3/c1-19-7-8-20(2)25(17-19)26-23-5-3-4-6-24(23)27(33)31(28-26)18-29-13-15-30(16-14-29)21-9-11-22(12-10-21)32(34)35/h3-12,17H,13-16,18H2,1-2H3. The second kappa shape index (κ2) is 9.31. The molecule has 1 saturated heterocycles. The van der Waals surface area contributed by atoms with E-state index in [1.165, 1.54) is 12.1 Å². The number of rotatable bonds is 5. The van der Waals surface area contributed by atoms with E-state index in [1.807, 2.05) is 24.3 Å². The van der Waals surface area contributed by atoms with E-state index in [1.54, 1.807) is 16.8 Å². The minimum absolute atomic E-state index is 0.0903. The van der Waals surface area contributed by atoms with Crippen LogP contribution in [0.1, 0.15) is 11.1 Å². The molecule has 8 nitrogen and oxygen atoms in total. The van der Waals surface area contributed by atoms with E-state index in [-0.39, 0.29) is 16.2 Å². The van der Waals surface area contributed by atoms with E-state index < -0.39 is 0 Å². The van der Waals surface area contributed by atoms with Crippen LogP contribution in [0.4, 0.5) is 11.4 Å². The largest absolute Gasteiger partial charge is 0.369 e. The maximum absolute atomic E-state index is 13.3. The summed E-state index contributed by atoms with van der Waals surface area (Å²) in [6.45, 7) is 7.60. The molecular weight excluding hydrogens is 442 g/mol. The quantitative estimate of drug-likeness (QED) is 0.319. The molecule has 0 amide bonds. The van der Waals surface area contributed by atoms with Crippen molar-refractivity contribution in [2.75, 3.05) is 31.1 Å². The fourth-order valence-electron chi connectivity index (χ4n) is 4.64. The van der Waals surface area contributed by atoms with Gasteiger partial charge in [0, 0.05) is 54.9 Å². The van der Waals surface area contributed by atoms with Gasteiger partial charge in [0.2, 0.25) is 0 Å². The number of fused-ring (bicyclic) bond motifs is 1. The molecular formula is C27H27N5O3. The molecule has 0 radical (unpaired) electrons. The molecule has 1 aromatic heterocycles. The lowest BCUT2D eigenvalue weighted by molar-refractivity contribution is -0.384. The van der Waals surface area contributed by atoms with Crippen molar-refractivity contribution in [2.24, 2.45) is 0 Å². The zero-order chi connectivity index (χ0) is 24.5. The van der Waals surface area contributed by atoms with E-state index in [2.05, 4.69) is 41.8 Å². The number of hydrogen-bond donors (Lipinski definition) is 0. The molecule has 0 N–H and O–H groups in total. The third kappa shape index (κ3) is 4.52. The van der Waals surface area contributed by atoms with Crippen molar-refractivity contribution in [1.82, 2.24) is 14.7 Å². The number of piperazine rings is 1. The topological polar surface area (TPSA) is 84.5 Å². The summed E-state index contributed by atoms with van der Waals surface area (Å²) < 4.78 is 1.58. The molecule has 8 heteroatoms. The van der Waals surface area contributed by atoms with E-state index in [0.717, 1.165) is 59.6 Å². The second-order valence-electron chi connectivity index (χ2n) is 9.04. The SMILES string of the molecule is Cc1ccc(C)c(-c2nn(CN3CCN(c4ccc([N+](=O)[O-])cc4)CC3)c(=O)c3ccccc23)c1. The van der Waals surface area contributed by atoms with Crippen molar-refractivity contribution >= 4 is 22.1 Å². The highest BCUT2D eigenvalue weighted by molar-refractivity contribution is 5.94. The minimum Gasteiger partial charge on any atom is -0.369 e. The lowest BCUT2D eigenvalue weighted by atomic mass is 9.99. The van der Waals surface area contributed by atoms with Gasteiger partial charge >= 0.3 is 0 Å². The summed E-state index contributed by atoms with van der Waals surface area (Å²) in [5.74, 6) is 0. The molecule has 1 aliphatic heterocycles. The van der Waals surface area contributed by atoms with Gasteiger partial charge < -0.3 is 4.90 Å². The van der Waals surface area contributed by atoms with Gasteiger partial charge in [-0.1, -0.05) is 35.9 Å². The van der Waals surface area contributed by atoms with Crippen molar-refractivity contribution < 1.29 is 4.92 Å². The predicted octanol–water partition coefficient (Wildman–Crippen LogP) is 4.37. The van der Waals surface area contributed by atoms with Crippen molar-refractivity contribution in [3.05, 3.63) is 98.3 Å². The van der Waals surface area contributed by atoms with Crippen LogP contribution in [0.15, 0.2) is 71.5 Å². The minimum atomic E-state index is -0.386. The summed E-state index contributed by atoms with van der Waals surface area (Å²) in [5.41, 5.74) is 5.10. The number of anilines is 1. The highest BCUT2D eigenvalue weighted by atomic mass is 16.6. The van der Waals surface area contributed by atoms with E-state index >= 15 is 0 Å². The summed E-state index contributed by atoms with van der Waals surface area (Å²) >= 11 is 0. The normalized spacial score (nSPS) is 14.4. The van der Waals surface area contributed by atoms with Crippen LogP contribution in [0, 0.1) is 24.0 Å². The van der Waals surface area contributed by atoms with Crippen LogP contribution in [0.2, 0.25) is 0 Å². The molecule has 3 aromatic carbocycles. The van der Waals surface area contributed by atoms with Gasteiger partial charge in [0.05, 0.1) is 22.7 Å². The van der Waals surface area contributed by atoms with Gasteiger partial charge in [-0.3, -0.25) is 19.8 Å². The second-order valence-corrected chi connectivity index (χ2v) is 9.04. The highest BCUT2D eigenvalue weighted by Crippen LogP contribution is 2.28. The van der Waals surface area contributed by atoms with Crippen molar-refractivity contribution in [3.8, 4) is 11.3 Å². The molecule has 35 heavy (non-hydrogen) atoms. The third-order valence-electron chi connectivity index (χ3n) is 6.65. The van der Waals surface area contributed by atoms with Gasteiger partial charge in [0.1, 0.15) is 0 Å². The first-order chi connectivity index (χ1) is 16.9. The predicted molar refractivity (Wildman–Crippen MR) is 138 cm³/mol. The van der Waals surface area contributed by atoms with Crippen LogP contribution in [0.25, 0.3) is 22.0 Å². The van der Waals surface area contributed by atoms with Crippen molar-refractivity contribution in [3.63, 3.8) is 0 Å². The average Bonchev–Trinajstić information content (AvgIpc) is 2.88. The summed E-state index contributed by atoms with van der Waals surface area (Å²) in [6, 6.07) is 20.6. The fourth-order valence-corrected chi connectivity index (χ4v) is 4.64. The number of benzene rings is 3. The Hall–Kier alpha value is -4.04. The van der Waals surface area contributed by atoms with Crippen molar-refractivity contribution in [1.29, 1.82) is 0 Å². The number of non-ortho nitro benzene ring substituents is 1. The number of nitro benzene ring substituents is 1.